The Bertz CT molecular complexity index is 958. The highest BCUT2D eigenvalue weighted by atomic mass is 32.1. The van der Waals surface area contributed by atoms with Crippen molar-refractivity contribution in [3.05, 3.63) is 60.0 Å². The lowest BCUT2D eigenvalue weighted by Gasteiger charge is -2.03. The van der Waals surface area contributed by atoms with Gasteiger partial charge in [0.05, 0.1) is 15.9 Å². The second-order valence-electron chi connectivity index (χ2n) is 4.92. The van der Waals surface area contributed by atoms with Gasteiger partial charge in [-0.3, -0.25) is 0 Å². The van der Waals surface area contributed by atoms with Crippen molar-refractivity contribution < 1.29 is 4.39 Å². The van der Waals surface area contributed by atoms with E-state index in [0.29, 0.717) is 5.82 Å². The van der Waals surface area contributed by atoms with Crippen LogP contribution in [-0.4, -0.2) is 9.97 Å². The molecule has 2 aromatic heterocycles. The average molecular weight is 294 g/mol. The van der Waals surface area contributed by atoms with Crippen molar-refractivity contribution in [1.82, 2.24) is 9.97 Å². The van der Waals surface area contributed by atoms with Gasteiger partial charge in [0.1, 0.15) is 5.82 Å². The van der Waals surface area contributed by atoms with Crippen LogP contribution in [0.4, 0.5) is 4.39 Å². The van der Waals surface area contributed by atoms with Gasteiger partial charge in [0.25, 0.3) is 0 Å². The van der Waals surface area contributed by atoms with Gasteiger partial charge >= 0.3 is 0 Å². The standard InChI is InChI=1S/C17H11FN2S/c1-10-16-15(13-4-2-3-5-14(13)21-16)20-17(19-10)11-6-8-12(18)9-7-11/h2-9H,1H3. The third-order valence-electron chi connectivity index (χ3n) is 3.49. The summed E-state index contributed by atoms with van der Waals surface area (Å²) in [5.41, 5.74) is 2.76. The zero-order valence-corrected chi connectivity index (χ0v) is 12.1. The topological polar surface area (TPSA) is 25.8 Å². The summed E-state index contributed by atoms with van der Waals surface area (Å²) in [6.07, 6.45) is 0. The second-order valence-corrected chi connectivity index (χ2v) is 5.97. The highest BCUT2D eigenvalue weighted by Gasteiger charge is 2.12. The van der Waals surface area contributed by atoms with Crippen molar-refractivity contribution >= 4 is 31.6 Å². The van der Waals surface area contributed by atoms with Gasteiger partial charge in [-0.25, -0.2) is 14.4 Å². The summed E-state index contributed by atoms with van der Waals surface area (Å²) in [7, 11) is 0. The van der Waals surface area contributed by atoms with Gasteiger partial charge in [0.2, 0.25) is 0 Å². The van der Waals surface area contributed by atoms with Crippen LogP contribution in [-0.2, 0) is 0 Å². The van der Waals surface area contributed by atoms with Gasteiger partial charge in [0.15, 0.2) is 5.82 Å². The molecule has 0 radical (unpaired) electrons. The quantitative estimate of drug-likeness (QED) is 0.496. The number of benzene rings is 2. The van der Waals surface area contributed by atoms with Crippen molar-refractivity contribution in [2.75, 3.05) is 0 Å². The Balaban J connectivity index is 2.03. The fourth-order valence-electron chi connectivity index (χ4n) is 2.46. The molecule has 4 heteroatoms. The molecule has 4 aromatic rings. The predicted octanol–water partition coefficient (Wildman–Crippen LogP) is 4.96. The first-order chi connectivity index (χ1) is 10.2. The fraction of sp³-hybridized carbons (Fsp3) is 0.0588. The van der Waals surface area contributed by atoms with Gasteiger partial charge in [0, 0.05) is 15.6 Å². The van der Waals surface area contributed by atoms with Crippen LogP contribution in [0, 0.1) is 12.7 Å². The molecular weight excluding hydrogens is 283 g/mol. The highest BCUT2D eigenvalue weighted by molar-refractivity contribution is 7.25. The van der Waals surface area contributed by atoms with Gasteiger partial charge < -0.3 is 0 Å². The number of hydrogen-bond acceptors (Lipinski definition) is 3. The number of fused-ring (bicyclic) bond motifs is 3. The van der Waals surface area contributed by atoms with Crippen molar-refractivity contribution in [3.63, 3.8) is 0 Å². The highest BCUT2D eigenvalue weighted by Crippen LogP contribution is 2.34. The Morgan fingerprint density at radius 1 is 0.952 bits per heavy atom. The maximum absolute atomic E-state index is 13.1. The maximum atomic E-state index is 13.1. The minimum Gasteiger partial charge on any atom is -0.232 e. The largest absolute Gasteiger partial charge is 0.232 e. The van der Waals surface area contributed by atoms with E-state index in [1.54, 1.807) is 23.5 Å². The van der Waals surface area contributed by atoms with Crippen LogP contribution in [0.2, 0.25) is 0 Å². The number of rotatable bonds is 1. The zero-order chi connectivity index (χ0) is 14.4. The molecule has 0 fully saturated rings. The fourth-order valence-corrected chi connectivity index (χ4v) is 3.54. The number of aryl methyl sites for hydroxylation is 1. The molecule has 0 aliphatic carbocycles. The van der Waals surface area contributed by atoms with E-state index in [1.165, 1.54) is 16.8 Å². The van der Waals surface area contributed by atoms with Gasteiger partial charge in [-0.15, -0.1) is 11.3 Å². The van der Waals surface area contributed by atoms with Crippen LogP contribution >= 0.6 is 11.3 Å². The molecule has 0 saturated carbocycles. The Labute approximate surface area is 124 Å². The Kier molecular flexibility index (Phi) is 2.72. The number of halogens is 1. The molecule has 2 aromatic carbocycles. The van der Waals surface area contributed by atoms with Crippen LogP contribution < -0.4 is 0 Å². The molecule has 2 nitrogen and oxygen atoms in total. The van der Waals surface area contributed by atoms with E-state index in [2.05, 4.69) is 17.1 Å². The smallest absolute Gasteiger partial charge is 0.160 e. The van der Waals surface area contributed by atoms with Crippen LogP contribution in [0.1, 0.15) is 5.69 Å². The van der Waals surface area contributed by atoms with Gasteiger partial charge in [-0.2, -0.15) is 0 Å². The number of nitrogens with zero attached hydrogens (tertiary/aromatic N) is 2. The second kappa shape index (κ2) is 4.60. The first-order valence-corrected chi connectivity index (χ1v) is 7.46. The molecule has 0 bridgehead atoms. The van der Waals surface area contributed by atoms with Crippen LogP contribution in [0.15, 0.2) is 48.5 Å². The summed E-state index contributed by atoms with van der Waals surface area (Å²) < 4.78 is 15.4. The number of hydrogen-bond donors (Lipinski definition) is 0. The van der Waals surface area contributed by atoms with E-state index >= 15 is 0 Å². The summed E-state index contributed by atoms with van der Waals surface area (Å²) in [4.78, 5) is 9.27. The molecule has 0 saturated heterocycles. The number of thiophene rings is 1. The molecule has 0 aliphatic heterocycles. The monoisotopic (exact) mass is 294 g/mol. The molecule has 21 heavy (non-hydrogen) atoms. The van der Waals surface area contributed by atoms with E-state index in [-0.39, 0.29) is 5.82 Å². The van der Waals surface area contributed by atoms with Crippen LogP contribution in [0.25, 0.3) is 31.7 Å². The molecule has 0 amide bonds. The van der Waals surface area contributed by atoms with Gasteiger partial charge in [-0.05, 0) is 37.3 Å². The first-order valence-electron chi connectivity index (χ1n) is 6.64. The van der Waals surface area contributed by atoms with E-state index in [0.717, 1.165) is 26.9 Å². The lowest BCUT2D eigenvalue weighted by molar-refractivity contribution is 0.628. The molecule has 2 heterocycles. The lowest BCUT2D eigenvalue weighted by Crippen LogP contribution is -1.92. The first kappa shape index (κ1) is 12.4. The minimum absolute atomic E-state index is 0.252. The molecule has 0 unspecified atom stereocenters. The summed E-state index contributed by atoms with van der Waals surface area (Å²) in [5, 5.41) is 1.14. The normalized spacial score (nSPS) is 11.3. The summed E-state index contributed by atoms with van der Waals surface area (Å²) in [6.45, 7) is 1.99. The van der Waals surface area contributed by atoms with E-state index < -0.39 is 0 Å². The molecule has 4 rings (SSSR count). The lowest BCUT2D eigenvalue weighted by atomic mass is 10.2. The van der Waals surface area contributed by atoms with E-state index in [4.69, 9.17) is 4.98 Å². The third-order valence-corrected chi connectivity index (χ3v) is 4.76. The minimum atomic E-state index is -0.252. The predicted molar refractivity (Wildman–Crippen MR) is 85.1 cm³/mol. The summed E-state index contributed by atoms with van der Waals surface area (Å²) in [6, 6.07) is 14.5. The Hall–Kier alpha value is -2.33. The van der Waals surface area contributed by atoms with Crippen molar-refractivity contribution in [3.8, 4) is 11.4 Å². The Morgan fingerprint density at radius 2 is 1.71 bits per heavy atom. The molecule has 0 spiro atoms. The average Bonchev–Trinajstić information content (AvgIpc) is 2.87. The van der Waals surface area contributed by atoms with Crippen LogP contribution in [0.3, 0.4) is 0 Å². The van der Waals surface area contributed by atoms with E-state index in [1.807, 2.05) is 19.1 Å². The number of aromatic nitrogens is 2. The van der Waals surface area contributed by atoms with Crippen LogP contribution in [0.5, 0.6) is 0 Å². The van der Waals surface area contributed by atoms with Crippen molar-refractivity contribution in [1.29, 1.82) is 0 Å². The molecule has 0 atom stereocenters. The SMILES string of the molecule is Cc1nc(-c2ccc(F)cc2)nc2c1sc1ccccc12. The molecule has 0 N–H and O–H groups in total. The summed E-state index contributed by atoms with van der Waals surface area (Å²) >= 11 is 1.71. The zero-order valence-electron chi connectivity index (χ0n) is 11.3. The third kappa shape index (κ3) is 1.99. The molecule has 102 valence electrons. The molecular formula is C17H11FN2S. The summed E-state index contributed by atoms with van der Waals surface area (Å²) in [5.74, 6) is 0.390. The maximum Gasteiger partial charge on any atom is 0.160 e. The van der Waals surface area contributed by atoms with Crippen molar-refractivity contribution in [2.45, 2.75) is 6.92 Å². The van der Waals surface area contributed by atoms with E-state index in [9.17, 15) is 4.39 Å². The Morgan fingerprint density at radius 3 is 2.52 bits per heavy atom. The molecule has 0 aliphatic rings. The van der Waals surface area contributed by atoms with Crippen molar-refractivity contribution in [2.24, 2.45) is 0 Å². The van der Waals surface area contributed by atoms with Gasteiger partial charge in [-0.1, -0.05) is 18.2 Å².